The molecule has 0 atom stereocenters. The Kier molecular flexibility index (Phi) is 5.05. The number of hydrazone groups is 1. The molecule has 0 aliphatic heterocycles. The molecule has 0 bridgehead atoms. The van der Waals surface area contributed by atoms with Crippen molar-refractivity contribution in [3.8, 4) is 0 Å². The molecule has 0 saturated heterocycles. The van der Waals surface area contributed by atoms with E-state index in [-0.39, 0.29) is 21.2 Å². The number of carbonyl (C=O) groups excluding carboxylic acids is 1. The first-order valence-corrected chi connectivity index (χ1v) is 6.57. The maximum atomic E-state index is 13.5. The minimum Gasteiger partial charge on any atom is -0.267 e. The number of hydrogen-bond acceptors (Lipinski definition) is 2. The summed E-state index contributed by atoms with van der Waals surface area (Å²) in [7, 11) is 0. The van der Waals surface area contributed by atoms with Crippen LogP contribution >= 0.6 is 23.2 Å². The Morgan fingerprint density at radius 3 is 2.41 bits per heavy atom. The van der Waals surface area contributed by atoms with E-state index in [1.54, 1.807) is 0 Å². The number of benzene rings is 2. The lowest BCUT2D eigenvalue weighted by Crippen LogP contribution is -2.18. The van der Waals surface area contributed by atoms with Crippen molar-refractivity contribution in [2.24, 2.45) is 5.10 Å². The van der Waals surface area contributed by atoms with Gasteiger partial charge in [0, 0.05) is 5.56 Å². The van der Waals surface area contributed by atoms with Gasteiger partial charge in [-0.05, 0) is 24.3 Å². The predicted molar refractivity (Wildman–Crippen MR) is 77.8 cm³/mol. The van der Waals surface area contributed by atoms with E-state index in [0.717, 1.165) is 6.21 Å². The highest BCUT2D eigenvalue weighted by atomic mass is 35.5. The monoisotopic (exact) mass is 346 g/mol. The van der Waals surface area contributed by atoms with Crippen molar-refractivity contribution in [2.45, 2.75) is 0 Å². The van der Waals surface area contributed by atoms with Crippen molar-refractivity contribution in [1.82, 2.24) is 5.43 Å². The summed E-state index contributed by atoms with van der Waals surface area (Å²) < 4.78 is 39.5. The first kappa shape index (κ1) is 16.3. The molecule has 0 aliphatic rings. The highest BCUT2D eigenvalue weighted by Gasteiger charge is 2.14. The minimum atomic E-state index is -1.23. The topological polar surface area (TPSA) is 41.5 Å². The van der Waals surface area contributed by atoms with E-state index in [1.165, 1.54) is 18.2 Å². The molecule has 0 heterocycles. The molecule has 2 rings (SSSR count). The Labute approximate surface area is 133 Å². The van der Waals surface area contributed by atoms with Crippen molar-refractivity contribution in [2.75, 3.05) is 0 Å². The highest BCUT2D eigenvalue weighted by Crippen LogP contribution is 2.20. The first-order valence-electron chi connectivity index (χ1n) is 5.82. The second-order valence-corrected chi connectivity index (χ2v) is 4.90. The molecule has 22 heavy (non-hydrogen) atoms. The third-order valence-corrected chi connectivity index (χ3v) is 3.26. The fourth-order valence-electron chi connectivity index (χ4n) is 1.55. The van der Waals surface area contributed by atoms with Gasteiger partial charge in [0.1, 0.15) is 5.82 Å². The highest BCUT2D eigenvalue weighted by molar-refractivity contribution is 6.34. The zero-order valence-corrected chi connectivity index (χ0v) is 12.2. The molecular weight excluding hydrogens is 340 g/mol. The van der Waals surface area contributed by atoms with Gasteiger partial charge in [0.15, 0.2) is 11.6 Å². The Balaban J connectivity index is 2.17. The molecule has 1 amide bonds. The molecule has 0 unspecified atom stereocenters. The van der Waals surface area contributed by atoms with Crippen molar-refractivity contribution < 1.29 is 18.0 Å². The van der Waals surface area contributed by atoms with Crippen LogP contribution in [0.5, 0.6) is 0 Å². The maximum absolute atomic E-state index is 13.5. The van der Waals surface area contributed by atoms with Crippen LogP contribution in [0, 0.1) is 17.5 Å². The van der Waals surface area contributed by atoms with E-state index in [0.29, 0.717) is 12.1 Å². The van der Waals surface area contributed by atoms with Gasteiger partial charge in [0.2, 0.25) is 0 Å². The maximum Gasteiger partial charge on any atom is 0.272 e. The number of nitrogens with one attached hydrogen (secondary N) is 1. The van der Waals surface area contributed by atoms with Crippen LogP contribution in [0.25, 0.3) is 0 Å². The van der Waals surface area contributed by atoms with E-state index in [2.05, 4.69) is 5.10 Å². The standard InChI is InChI=1S/C14H7Cl2F3N2O/c15-9-2-1-3-11(17)8(9)6-20-21-14(22)7-4-12(18)13(19)5-10(7)16/h1-6H,(H,21,22)/b20-6-. The van der Waals surface area contributed by atoms with Crippen LogP contribution in [0.2, 0.25) is 10.0 Å². The van der Waals surface area contributed by atoms with Crippen LogP contribution in [0.1, 0.15) is 15.9 Å². The molecule has 0 saturated carbocycles. The second kappa shape index (κ2) is 6.81. The van der Waals surface area contributed by atoms with E-state index >= 15 is 0 Å². The van der Waals surface area contributed by atoms with Crippen LogP contribution in [0.3, 0.4) is 0 Å². The van der Waals surface area contributed by atoms with Gasteiger partial charge in [0.05, 0.1) is 21.8 Å². The number of rotatable bonds is 3. The van der Waals surface area contributed by atoms with E-state index in [1.807, 2.05) is 5.43 Å². The summed E-state index contributed by atoms with van der Waals surface area (Å²) in [5.74, 6) is -3.91. The van der Waals surface area contributed by atoms with E-state index in [4.69, 9.17) is 23.2 Å². The summed E-state index contributed by atoms with van der Waals surface area (Å²) >= 11 is 11.4. The Morgan fingerprint density at radius 1 is 1.05 bits per heavy atom. The average Bonchev–Trinajstić information content (AvgIpc) is 2.45. The predicted octanol–water partition coefficient (Wildman–Crippen LogP) is 4.17. The van der Waals surface area contributed by atoms with Gasteiger partial charge in [-0.3, -0.25) is 4.79 Å². The Hall–Kier alpha value is -2.05. The van der Waals surface area contributed by atoms with Gasteiger partial charge < -0.3 is 0 Å². The lowest BCUT2D eigenvalue weighted by atomic mass is 10.2. The summed E-state index contributed by atoms with van der Waals surface area (Å²) in [6, 6.07) is 5.33. The largest absolute Gasteiger partial charge is 0.272 e. The van der Waals surface area contributed by atoms with Crippen LogP contribution in [-0.4, -0.2) is 12.1 Å². The molecule has 8 heteroatoms. The molecule has 0 aliphatic carbocycles. The second-order valence-electron chi connectivity index (χ2n) is 4.08. The molecule has 0 fully saturated rings. The zero-order valence-electron chi connectivity index (χ0n) is 10.7. The van der Waals surface area contributed by atoms with Gasteiger partial charge in [-0.25, -0.2) is 18.6 Å². The molecule has 1 N–H and O–H groups in total. The van der Waals surface area contributed by atoms with Crippen LogP contribution in [0.4, 0.5) is 13.2 Å². The van der Waals surface area contributed by atoms with Crippen LogP contribution < -0.4 is 5.43 Å². The third-order valence-electron chi connectivity index (χ3n) is 2.61. The lowest BCUT2D eigenvalue weighted by Gasteiger charge is -2.04. The van der Waals surface area contributed by atoms with Crippen molar-refractivity contribution in [1.29, 1.82) is 0 Å². The van der Waals surface area contributed by atoms with Crippen LogP contribution in [-0.2, 0) is 0 Å². The summed E-state index contributed by atoms with van der Waals surface area (Å²) in [5, 5.41) is 3.33. The van der Waals surface area contributed by atoms with E-state index in [9.17, 15) is 18.0 Å². The fraction of sp³-hybridized carbons (Fsp3) is 0. The zero-order chi connectivity index (χ0) is 16.3. The average molecular weight is 347 g/mol. The molecular formula is C14H7Cl2F3N2O. The number of nitrogens with zero attached hydrogens (tertiary/aromatic N) is 1. The number of hydrogen-bond donors (Lipinski definition) is 1. The normalized spacial score (nSPS) is 11.0. The van der Waals surface area contributed by atoms with Gasteiger partial charge >= 0.3 is 0 Å². The molecule has 3 nitrogen and oxygen atoms in total. The van der Waals surface area contributed by atoms with Gasteiger partial charge in [-0.15, -0.1) is 0 Å². The van der Waals surface area contributed by atoms with Gasteiger partial charge in [0.25, 0.3) is 5.91 Å². The summed E-state index contributed by atoms with van der Waals surface area (Å²) in [4.78, 5) is 11.8. The molecule has 0 spiro atoms. The molecule has 0 radical (unpaired) electrons. The van der Waals surface area contributed by atoms with Gasteiger partial charge in [-0.2, -0.15) is 5.10 Å². The van der Waals surface area contributed by atoms with Gasteiger partial charge in [-0.1, -0.05) is 29.3 Å². The van der Waals surface area contributed by atoms with Crippen molar-refractivity contribution in [3.63, 3.8) is 0 Å². The summed E-state index contributed by atoms with van der Waals surface area (Å²) in [6.45, 7) is 0. The number of halogens is 5. The van der Waals surface area contributed by atoms with Crippen LogP contribution in [0.15, 0.2) is 35.4 Å². The fourth-order valence-corrected chi connectivity index (χ4v) is 1.99. The van der Waals surface area contributed by atoms with Crippen molar-refractivity contribution in [3.05, 3.63) is 69.0 Å². The summed E-state index contributed by atoms with van der Waals surface area (Å²) in [5.41, 5.74) is 1.69. The smallest absolute Gasteiger partial charge is 0.267 e. The first-order chi connectivity index (χ1) is 10.4. The quantitative estimate of drug-likeness (QED) is 0.505. The minimum absolute atomic E-state index is 0.0270. The molecule has 2 aromatic carbocycles. The molecule has 2 aromatic rings. The molecule has 114 valence electrons. The summed E-state index contributed by atoms with van der Waals surface area (Å²) in [6.07, 6.45) is 0.989. The number of carbonyl (C=O) groups is 1. The Bertz CT molecular complexity index is 746. The Morgan fingerprint density at radius 2 is 1.73 bits per heavy atom. The molecule has 0 aromatic heterocycles. The number of amides is 1. The lowest BCUT2D eigenvalue weighted by molar-refractivity contribution is 0.0954. The SMILES string of the molecule is O=C(N/N=C\c1c(F)cccc1Cl)c1cc(F)c(F)cc1Cl. The van der Waals surface area contributed by atoms with Crippen molar-refractivity contribution >= 4 is 35.3 Å². The van der Waals surface area contributed by atoms with E-state index < -0.39 is 23.4 Å². The third kappa shape index (κ3) is 3.58.